The topological polar surface area (TPSA) is 223 Å². The number of fused-ring (bicyclic) bond motifs is 13. The number of hydrogen-bond donors (Lipinski definition) is 5. The van der Waals surface area contributed by atoms with Crippen LogP contribution in [0.4, 0.5) is 5.69 Å². The summed E-state index contributed by atoms with van der Waals surface area (Å²) in [5.41, 5.74) is -0.304. The molecule has 0 aromatic heterocycles. The van der Waals surface area contributed by atoms with Crippen molar-refractivity contribution in [3.63, 3.8) is 0 Å². The van der Waals surface area contributed by atoms with Crippen LogP contribution in [0.5, 0.6) is 17.2 Å². The van der Waals surface area contributed by atoms with Gasteiger partial charge in [-0.3, -0.25) is 29.2 Å². The van der Waals surface area contributed by atoms with Crippen molar-refractivity contribution in [3.8, 4) is 17.2 Å². The van der Waals surface area contributed by atoms with Crippen molar-refractivity contribution in [2.24, 2.45) is 45.0 Å². The minimum atomic E-state index is -1.91. The van der Waals surface area contributed by atoms with Gasteiger partial charge in [-0.25, -0.2) is 0 Å². The first kappa shape index (κ1) is 56.4. The van der Waals surface area contributed by atoms with E-state index in [2.05, 4.69) is 36.0 Å². The van der Waals surface area contributed by atoms with Crippen molar-refractivity contribution in [2.45, 2.75) is 144 Å². The molecule has 2 aromatic carbocycles. The highest BCUT2D eigenvalue weighted by Crippen LogP contribution is 2.50. The molecule has 7 aliphatic rings. The van der Waals surface area contributed by atoms with Gasteiger partial charge in [0.15, 0.2) is 11.4 Å². The van der Waals surface area contributed by atoms with E-state index in [1.807, 2.05) is 38.7 Å². The zero-order chi connectivity index (χ0) is 54.0. The van der Waals surface area contributed by atoms with Crippen LogP contribution in [0.3, 0.4) is 0 Å². The Morgan fingerprint density at radius 1 is 0.919 bits per heavy atom. The van der Waals surface area contributed by atoms with Gasteiger partial charge in [-0.15, -0.1) is 0 Å². The first-order valence-corrected chi connectivity index (χ1v) is 26.8. The summed E-state index contributed by atoms with van der Waals surface area (Å²) in [7, 11) is 3.12. The molecule has 5 N–H and O–H groups in total. The van der Waals surface area contributed by atoms with E-state index in [1.165, 1.54) is 13.2 Å². The fourth-order valence-electron chi connectivity index (χ4n) is 12.2. The Kier molecular flexibility index (Phi) is 17.4. The van der Waals surface area contributed by atoms with Crippen molar-refractivity contribution in [2.75, 3.05) is 65.3 Å². The van der Waals surface area contributed by atoms with Crippen molar-refractivity contribution < 1.29 is 53.8 Å². The van der Waals surface area contributed by atoms with Crippen LogP contribution in [-0.4, -0.2) is 142 Å². The van der Waals surface area contributed by atoms with Crippen LogP contribution in [0.2, 0.25) is 0 Å². The maximum Gasteiger partial charge on any atom is 0.315 e. The number of anilines is 1. The number of nitrogens with zero attached hydrogens (tertiary/aromatic N) is 5. The van der Waals surface area contributed by atoms with E-state index in [0.717, 1.165) is 65.5 Å². The maximum absolute atomic E-state index is 14.9. The van der Waals surface area contributed by atoms with Gasteiger partial charge in [0, 0.05) is 82.0 Å². The monoisotopic (exact) mass is 1030 g/mol. The number of aliphatic hydroxyl groups is 2. The normalized spacial score (nSPS) is 30.0. The number of likely N-dealkylation sites (tertiary alicyclic amines) is 3. The summed E-state index contributed by atoms with van der Waals surface area (Å²) in [6.45, 7) is 22.4. The first-order valence-electron chi connectivity index (χ1n) is 26.8. The number of aromatic hydroxyl groups is 2. The lowest BCUT2D eigenvalue weighted by molar-refractivity contribution is -0.162. The average Bonchev–Trinajstić information content (AvgIpc) is 3.87. The third kappa shape index (κ3) is 11.6. The highest BCUT2D eigenvalue weighted by atomic mass is 16.7. The van der Waals surface area contributed by atoms with E-state index in [-0.39, 0.29) is 78.9 Å². The SMILES string of the molecule is C/C1=C/C=C/C(C)C[C@@H](C)C(O)[C@@H](C)C(OC(=O)CC(=O)N2CCCC3(CCN(C)CC3)C2)[C@H](C)C/C=C/OC2(C)Oc3c(C)c(O)c4c(O)c(c5c(c4c3C2=O)=NC2(CCN(CC(C)C)CC2)N=5)NC1=O.CO. The zero-order valence-corrected chi connectivity index (χ0v) is 45.6. The van der Waals surface area contributed by atoms with Crippen LogP contribution >= 0.6 is 0 Å². The molecule has 406 valence electrons. The fraction of sp³-hybridized carbons (Fsp3) is 0.649. The molecule has 2 spiro atoms. The number of Topliss-reactive ketones (excluding diaryl/α,β-unsaturated/α-hetero) is 1. The van der Waals surface area contributed by atoms with Gasteiger partial charge in [0.05, 0.1) is 28.7 Å². The highest BCUT2D eigenvalue weighted by molar-refractivity contribution is 6.19. The number of aliphatic hydroxyl groups excluding tert-OH is 2. The third-order valence-corrected chi connectivity index (χ3v) is 16.5. The van der Waals surface area contributed by atoms with Gasteiger partial charge in [0.1, 0.15) is 35.1 Å². The van der Waals surface area contributed by atoms with Crippen LogP contribution < -0.4 is 20.8 Å². The number of ether oxygens (including phenoxy) is 3. The van der Waals surface area contributed by atoms with Crippen LogP contribution in [0.15, 0.2) is 46.1 Å². The molecule has 7 atom stereocenters. The predicted molar refractivity (Wildman–Crippen MR) is 282 cm³/mol. The molecule has 3 fully saturated rings. The molecule has 17 heteroatoms. The summed E-state index contributed by atoms with van der Waals surface area (Å²) in [5.74, 6) is -5.32. The number of carbonyl (C=O) groups excluding carboxylic acids is 4. The number of esters is 1. The molecule has 0 saturated carbocycles. The quantitative estimate of drug-likeness (QED) is 0.123. The lowest BCUT2D eigenvalue weighted by Crippen LogP contribution is -2.51. The summed E-state index contributed by atoms with van der Waals surface area (Å²) >= 11 is 0. The second-order valence-corrected chi connectivity index (χ2v) is 22.9. The van der Waals surface area contributed by atoms with E-state index in [1.54, 1.807) is 32.1 Å². The van der Waals surface area contributed by atoms with Gasteiger partial charge in [0.25, 0.3) is 11.7 Å². The lowest BCUT2D eigenvalue weighted by atomic mass is 9.72. The molecule has 3 saturated heterocycles. The van der Waals surface area contributed by atoms with Crippen LogP contribution in [0.25, 0.3) is 10.8 Å². The number of nitrogens with one attached hydrogen (secondary N) is 1. The minimum absolute atomic E-state index is 0.0141. The van der Waals surface area contributed by atoms with Crippen molar-refractivity contribution in [1.82, 2.24) is 14.7 Å². The van der Waals surface area contributed by atoms with E-state index in [0.29, 0.717) is 50.3 Å². The van der Waals surface area contributed by atoms with Gasteiger partial charge in [-0.2, -0.15) is 0 Å². The maximum atomic E-state index is 14.9. The summed E-state index contributed by atoms with van der Waals surface area (Å²) in [4.78, 5) is 73.4. The molecule has 0 aliphatic carbocycles. The summed E-state index contributed by atoms with van der Waals surface area (Å²) in [6, 6.07) is 0. The number of ketones is 1. The van der Waals surface area contributed by atoms with E-state index < -0.39 is 59.4 Å². The van der Waals surface area contributed by atoms with E-state index in [4.69, 9.17) is 29.3 Å². The fourth-order valence-corrected chi connectivity index (χ4v) is 12.2. The van der Waals surface area contributed by atoms with E-state index >= 15 is 0 Å². The minimum Gasteiger partial charge on any atom is -0.507 e. The first-order chi connectivity index (χ1) is 35.0. The molecule has 7 heterocycles. The molecule has 2 amide bonds. The molecule has 17 nitrogen and oxygen atoms in total. The van der Waals surface area contributed by atoms with Gasteiger partial charge < -0.3 is 54.7 Å². The number of rotatable bonds is 5. The van der Waals surface area contributed by atoms with Crippen LogP contribution in [-0.2, 0) is 23.9 Å². The third-order valence-electron chi connectivity index (χ3n) is 16.5. The Labute approximate surface area is 436 Å². The second-order valence-electron chi connectivity index (χ2n) is 22.9. The smallest absolute Gasteiger partial charge is 0.315 e. The number of phenolic OH excluding ortho intramolecular Hbond substituents is 2. The standard InChI is InChI=1S/C56H78N6O10.CH4O/c1-32(2)30-61-25-20-56(21-26-61)58-44-41-42-48(66)38(8)51-43(41)52(68)54(9,72-51)70-27-12-16-34(4)50(71-40(64)29-39(63)62-22-13-17-55(31-62)18-23-60(10)24-19-55)37(7)47(65)36(6)28-33(3)14-11-15-35(5)53(69)57-46(49(42)67)45(44)59-56;1-2/h11-12,14-15,27,32-34,36-37,47,50,65-67H,13,16-26,28-31H2,1-10H3,(H,57,69);2H,1H3/b14-11+,27-12+,35-15-;/t33?,34-,36-,37-,47?,50?,54?;/m1./s1. The Morgan fingerprint density at radius 3 is 2.27 bits per heavy atom. The summed E-state index contributed by atoms with van der Waals surface area (Å²) < 4.78 is 18.8. The number of piperidine rings is 3. The molecule has 0 radical (unpaired) electrons. The molecule has 7 aliphatic heterocycles. The Balaban J connectivity index is 0.00000395. The number of phenols is 2. The molecular weight excluding hydrogens is 945 g/mol. The Bertz CT molecular complexity index is 2680. The van der Waals surface area contributed by atoms with Gasteiger partial charge in [-0.05, 0) is 108 Å². The molecule has 9 rings (SSSR count). The summed E-state index contributed by atoms with van der Waals surface area (Å²) in [5, 5.41) is 46.5. The number of benzene rings is 2. The molecule has 74 heavy (non-hydrogen) atoms. The van der Waals surface area contributed by atoms with Crippen molar-refractivity contribution in [1.29, 1.82) is 0 Å². The number of hydrogen-bond acceptors (Lipinski definition) is 15. The average molecular weight is 1030 g/mol. The van der Waals surface area contributed by atoms with Gasteiger partial charge >= 0.3 is 11.8 Å². The molecule has 2 aromatic rings. The molecule has 5 bridgehead atoms. The van der Waals surface area contributed by atoms with Crippen molar-refractivity contribution in [3.05, 3.63) is 58.0 Å². The highest BCUT2D eigenvalue weighted by Gasteiger charge is 2.50. The van der Waals surface area contributed by atoms with E-state index in [9.17, 15) is 34.5 Å². The summed E-state index contributed by atoms with van der Waals surface area (Å²) in [6.07, 6.45) is 12.4. The largest absolute Gasteiger partial charge is 0.507 e. The van der Waals surface area contributed by atoms with Crippen LogP contribution in [0.1, 0.15) is 129 Å². The Morgan fingerprint density at radius 2 is 1.59 bits per heavy atom. The predicted octanol–water partition coefficient (Wildman–Crippen LogP) is 6.47. The van der Waals surface area contributed by atoms with Crippen molar-refractivity contribution >= 4 is 40.0 Å². The molecular formula is C57H82N6O11. The second kappa shape index (κ2) is 22.9. The van der Waals surface area contributed by atoms with Gasteiger partial charge in [-0.1, -0.05) is 59.8 Å². The number of carbonyl (C=O) groups is 4. The number of amides is 2. The zero-order valence-electron chi connectivity index (χ0n) is 45.6. The van der Waals surface area contributed by atoms with Crippen LogP contribution in [0, 0.1) is 41.9 Å². The Hall–Kier alpha value is -5.36. The molecule has 4 unspecified atom stereocenters. The van der Waals surface area contributed by atoms with Gasteiger partial charge in [0.2, 0.25) is 5.91 Å². The lowest BCUT2D eigenvalue weighted by Gasteiger charge is -2.47. The number of allylic oxidation sites excluding steroid dienone is 4.